The van der Waals surface area contributed by atoms with Gasteiger partial charge in [0.05, 0.1) is 12.3 Å². The lowest BCUT2D eigenvalue weighted by atomic mass is 10.1. The minimum atomic E-state index is -3.52. The number of hydrogen-bond acceptors (Lipinski definition) is 4. The van der Waals surface area contributed by atoms with Crippen LogP contribution in [0.2, 0.25) is 0 Å². The Morgan fingerprint density at radius 2 is 1.80 bits per heavy atom. The first kappa shape index (κ1) is 16.6. The van der Waals surface area contributed by atoms with E-state index >= 15 is 0 Å². The molecule has 0 aromatic heterocycles. The highest BCUT2D eigenvalue weighted by Gasteiger charge is 2.14. The summed E-state index contributed by atoms with van der Waals surface area (Å²) < 4.78 is 26.0. The third-order valence-corrected chi connectivity index (χ3v) is 4.26. The molecule has 7 heteroatoms. The zero-order chi connectivity index (χ0) is 15.2. The van der Waals surface area contributed by atoms with Crippen LogP contribution in [0.1, 0.15) is 18.1 Å². The van der Waals surface area contributed by atoms with Crippen molar-refractivity contribution >= 4 is 15.9 Å². The standard InChI is InChI=1S/C13H21N3O3S/c1-3-16(2)13(17)9-15-20(18,19)10-12-6-4-11(8-14)5-7-12/h4-7,15H,3,8-10,14H2,1-2H3. The van der Waals surface area contributed by atoms with Crippen molar-refractivity contribution in [2.24, 2.45) is 5.73 Å². The summed E-state index contributed by atoms with van der Waals surface area (Å²) in [4.78, 5) is 13.0. The molecule has 0 aliphatic heterocycles. The van der Waals surface area contributed by atoms with Crippen molar-refractivity contribution < 1.29 is 13.2 Å². The minimum absolute atomic E-state index is 0.152. The molecule has 0 saturated heterocycles. The SMILES string of the molecule is CCN(C)C(=O)CNS(=O)(=O)Cc1ccc(CN)cc1. The zero-order valence-corrected chi connectivity index (χ0v) is 12.6. The summed E-state index contributed by atoms with van der Waals surface area (Å²) in [5, 5.41) is 0. The average molecular weight is 299 g/mol. The van der Waals surface area contributed by atoms with Gasteiger partial charge in [0.15, 0.2) is 0 Å². The molecule has 3 N–H and O–H groups in total. The number of nitrogens with zero attached hydrogens (tertiary/aromatic N) is 1. The highest BCUT2D eigenvalue weighted by atomic mass is 32.2. The van der Waals surface area contributed by atoms with Crippen molar-refractivity contribution in [2.75, 3.05) is 20.1 Å². The Balaban J connectivity index is 2.58. The molecule has 0 atom stereocenters. The fraction of sp³-hybridized carbons (Fsp3) is 0.462. The second kappa shape index (κ2) is 7.37. The lowest BCUT2D eigenvalue weighted by molar-refractivity contribution is -0.128. The quantitative estimate of drug-likeness (QED) is 0.743. The van der Waals surface area contributed by atoms with Gasteiger partial charge in [-0.1, -0.05) is 24.3 Å². The maximum Gasteiger partial charge on any atom is 0.237 e. The van der Waals surface area contributed by atoms with Gasteiger partial charge < -0.3 is 10.6 Å². The fourth-order valence-corrected chi connectivity index (χ4v) is 2.60. The number of carbonyl (C=O) groups excluding carboxylic acids is 1. The predicted molar refractivity (Wildman–Crippen MR) is 78.3 cm³/mol. The average Bonchev–Trinajstić information content (AvgIpc) is 2.44. The van der Waals surface area contributed by atoms with Crippen LogP contribution in [-0.2, 0) is 27.1 Å². The molecule has 1 aromatic rings. The molecule has 1 amide bonds. The first-order valence-electron chi connectivity index (χ1n) is 6.37. The summed E-state index contributed by atoms with van der Waals surface area (Å²) in [6.07, 6.45) is 0. The number of nitrogens with two attached hydrogens (primary N) is 1. The van der Waals surface area contributed by atoms with E-state index in [2.05, 4.69) is 4.72 Å². The van der Waals surface area contributed by atoms with Crippen LogP contribution in [0.3, 0.4) is 0 Å². The minimum Gasteiger partial charge on any atom is -0.345 e. The Morgan fingerprint density at radius 1 is 1.25 bits per heavy atom. The van der Waals surface area contributed by atoms with Gasteiger partial charge in [-0.15, -0.1) is 0 Å². The monoisotopic (exact) mass is 299 g/mol. The number of rotatable bonds is 7. The van der Waals surface area contributed by atoms with Crippen molar-refractivity contribution in [1.82, 2.24) is 9.62 Å². The predicted octanol–water partition coefficient (Wildman–Crippen LogP) is 0.0430. The Morgan fingerprint density at radius 3 is 2.30 bits per heavy atom. The molecule has 0 spiro atoms. The molecular weight excluding hydrogens is 278 g/mol. The Hall–Kier alpha value is -1.44. The van der Waals surface area contributed by atoms with Crippen LogP contribution in [0.5, 0.6) is 0 Å². The molecule has 0 radical (unpaired) electrons. The van der Waals surface area contributed by atoms with E-state index in [9.17, 15) is 13.2 Å². The van der Waals surface area contributed by atoms with E-state index in [1.807, 2.05) is 6.92 Å². The third kappa shape index (κ3) is 5.28. The molecule has 0 fully saturated rings. The second-order valence-electron chi connectivity index (χ2n) is 4.51. The van der Waals surface area contributed by atoms with Gasteiger partial charge in [0.25, 0.3) is 0 Å². The molecule has 20 heavy (non-hydrogen) atoms. The molecule has 0 unspecified atom stereocenters. The largest absolute Gasteiger partial charge is 0.345 e. The highest BCUT2D eigenvalue weighted by Crippen LogP contribution is 2.07. The second-order valence-corrected chi connectivity index (χ2v) is 6.32. The van der Waals surface area contributed by atoms with Crippen molar-refractivity contribution in [3.63, 3.8) is 0 Å². The summed E-state index contributed by atoms with van der Waals surface area (Å²) in [6.45, 7) is 2.57. The Labute approximate surface area is 120 Å². The van der Waals surface area contributed by atoms with Crippen LogP contribution in [0, 0.1) is 0 Å². The van der Waals surface area contributed by atoms with E-state index < -0.39 is 10.0 Å². The van der Waals surface area contributed by atoms with Gasteiger partial charge in [0, 0.05) is 20.1 Å². The van der Waals surface area contributed by atoms with Gasteiger partial charge in [-0.05, 0) is 18.1 Å². The summed E-state index contributed by atoms with van der Waals surface area (Å²) >= 11 is 0. The normalized spacial score (nSPS) is 11.3. The molecule has 0 bridgehead atoms. The molecule has 1 rings (SSSR count). The number of likely N-dealkylation sites (N-methyl/N-ethyl adjacent to an activating group) is 1. The van der Waals surface area contributed by atoms with Gasteiger partial charge >= 0.3 is 0 Å². The van der Waals surface area contributed by atoms with Crippen LogP contribution in [0.4, 0.5) is 0 Å². The van der Waals surface area contributed by atoms with Crippen molar-refractivity contribution in [1.29, 1.82) is 0 Å². The number of hydrogen-bond donors (Lipinski definition) is 2. The number of amides is 1. The summed E-state index contributed by atoms with van der Waals surface area (Å²) in [5.74, 6) is -0.407. The Kier molecular flexibility index (Phi) is 6.12. The van der Waals surface area contributed by atoms with E-state index in [0.29, 0.717) is 18.7 Å². The van der Waals surface area contributed by atoms with Gasteiger partial charge in [0.2, 0.25) is 15.9 Å². The van der Waals surface area contributed by atoms with Crippen molar-refractivity contribution in [3.8, 4) is 0 Å². The van der Waals surface area contributed by atoms with Gasteiger partial charge in [-0.25, -0.2) is 13.1 Å². The molecule has 0 aliphatic rings. The molecule has 0 heterocycles. The zero-order valence-electron chi connectivity index (χ0n) is 11.8. The number of nitrogens with one attached hydrogen (secondary N) is 1. The molecule has 112 valence electrons. The molecule has 0 aliphatic carbocycles. The lowest BCUT2D eigenvalue weighted by Gasteiger charge is -2.14. The van der Waals surface area contributed by atoms with E-state index in [4.69, 9.17) is 5.73 Å². The summed E-state index contributed by atoms with van der Waals surface area (Å²) in [7, 11) is -1.89. The maximum absolute atomic E-state index is 11.9. The Bertz CT molecular complexity index is 540. The molecule has 1 aromatic carbocycles. The van der Waals surface area contributed by atoms with Crippen LogP contribution >= 0.6 is 0 Å². The van der Waals surface area contributed by atoms with Crippen molar-refractivity contribution in [3.05, 3.63) is 35.4 Å². The van der Waals surface area contributed by atoms with E-state index in [0.717, 1.165) is 5.56 Å². The van der Waals surface area contributed by atoms with Crippen LogP contribution in [-0.4, -0.2) is 39.4 Å². The van der Waals surface area contributed by atoms with Gasteiger partial charge in [0.1, 0.15) is 0 Å². The van der Waals surface area contributed by atoms with Gasteiger partial charge in [-0.3, -0.25) is 4.79 Å². The molecule has 6 nitrogen and oxygen atoms in total. The highest BCUT2D eigenvalue weighted by molar-refractivity contribution is 7.88. The smallest absolute Gasteiger partial charge is 0.237 e. The van der Waals surface area contributed by atoms with E-state index in [1.54, 1.807) is 31.3 Å². The van der Waals surface area contributed by atoms with Crippen molar-refractivity contribution in [2.45, 2.75) is 19.2 Å². The number of benzene rings is 1. The summed E-state index contributed by atoms with van der Waals surface area (Å²) in [5.41, 5.74) is 7.08. The van der Waals surface area contributed by atoms with Crippen LogP contribution < -0.4 is 10.5 Å². The number of carbonyl (C=O) groups is 1. The number of sulfonamides is 1. The van der Waals surface area contributed by atoms with Crippen LogP contribution in [0.15, 0.2) is 24.3 Å². The summed E-state index contributed by atoms with van der Waals surface area (Å²) in [6, 6.07) is 7.03. The van der Waals surface area contributed by atoms with E-state index in [1.165, 1.54) is 4.90 Å². The first-order chi connectivity index (χ1) is 9.38. The van der Waals surface area contributed by atoms with Gasteiger partial charge in [-0.2, -0.15) is 0 Å². The third-order valence-electron chi connectivity index (χ3n) is 2.96. The molecular formula is C13H21N3O3S. The maximum atomic E-state index is 11.9. The lowest BCUT2D eigenvalue weighted by Crippen LogP contribution is -2.38. The first-order valence-corrected chi connectivity index (χ1v) is 8.02. The van der Waals surface area contributed by atoms with E-state index in [-0.39, 0.29) is 18.2 Å². The van der Waals surface area contributed by atoms with Crippen LogP contribution in [0.25, 0.3) is 0 Å². The topological polar surface area (TPSA) is 92.5 Å². The fourth-order valence-electron chi connectivity index (χ4n) is 1.53. The molecule has 0 saturated carbocycles.